The first-order valence-electron chi connectivity index (χ1n) is 5.64. The summed E-state index contributed by atoms with van der Waals surface area (Å²) in [5.74, 6) is 1.36. The van der Waals surface area contributed by atoms with E-state index in [1.165, 1.54) is 0 Å². The number of aryl methyl sites for hydroxylation is 1. The average molecular weight is 223 g/mol. The first kappa shape index (κ1) is 13.1. The molecule has 4 heteroatoms. The number of nitrogens with zero attached hydrogens (tertiary/aromatic N) is 2. The molecule has 1 aromatic heterocycles. The molecular formula is C12H21N3O. The Morgan fingerprint density at radius 3 is 2.75 bits per heavy atom. The summed E-state index contributed by atoms with van der Waals surface area (Å²) in [6, 6.07) is 2.30. The third kappa shape index (κ3) is 4.24. The van der Waals surface area contributed by atoms with Crippen molar-refractivity contribution in [2.24, 2.45) is 5.92 Å². The van der Waals surface area contributed by atoms with Crippen LogP contribution in [-0.2, 0) is 11.3 Å². The predicted octanol–water partition coefficient (Wildman–Crippen LogP) is 1.55. The van der Waals surface area contributed by atoms with Gasteiger partial charge in [0, 0.05) is 25.9 Å². The molecule has 90 valence electrons. The third-order valence-corrected chi connectivity index (χ3v) is 2.53. The van der Waals surface area contributed by atoms with Gasteiger partial charge in [0.25, 0.3) is 0 Å². The van der Waals surface area contributed by atoms with Gasteiger partial charge in [-0.05, 0) is 18.9 Å². The molecule has 0 fully saturated rings. The lowest BCUT2D eigenvalue weighted by Crippen LogP contribution is -2.37. The van der Waals surface area contributed by atoms with Gasteiger partial charge in [-0.15, -0.1) is 0 Å². The van der Waals surface area contributed by atoms with Crippen LogP contribution in [-0.4, -0.2) is 29.7 Å². The molecule has 1 N–H and O–H groups in total. The largest absolute Gasteiger partial charge is 0.383 e. The lowest BCUT2D eigenvalue weighted by atomic mass is 10.1. The molecule has 0 bridgehead atoms. The molecule has 0 aliphatic heterocycles. The summed E-state index contributed by atoms with van der Waals surface area (Å²) < 4.78 is 5.18. The van der Waals surface area contributed by atoms with E-state index in [-0.39, 0.29) is 0 Å². The van der Waals surface area contributed by atoms with Crippen molar-refractivity contribution in [1.82, 2.24) is 15.3 Å². The SMILES string of the molecule is COCC(NCc1ccnc(C)n1)C(C)C. The van der Waals surface area contributed by atoms with Crippen LogP contribution in [0.2, 0.25) is 0 Å². The van der Waals surface area contributed by atoms with Crippen LogP contribution in [0.5, 0.6) is 0 Å². The zero-order valence-corrected chi connectivity index (χ0v) is 10.5. The van der Waals surface area contributed by atoms with Gasteiger partial charge in [-0.3, -0.25) is 0 Å². The van der Waals surface area contributed by atoms with E-state index in [1.807, 2.05) is 13.0 Å². The van der Waals surface area contributed by atoms with Crippen LogP contribution in [0.3, 0.4) is 0 Å². The minimum absolute atomic E-state index is 0.361. The van der Waals surface area contributed by atoms with Gasteiger partial charge in [-0.25, -0.2) is 9.97 Å². The van der Waals surface area contributed by atoms with Gasteiger partial charge in [0.2, 0.25) is 0 Å². The van der Waals surface area contributed by atoms with E-state index in [9.17, 15) is 0 Å². The van der Waals surface area contributed by atoms with Gasteiger partial charge in [-0.2, -0.15) is 0 Å². The first-order valence-corrected chi connectivity index (χ1v) is 5.64. The molecule has 1 atom stereocenters. The molecule has 1 heterocycles. The Balaban J connectivity index is 2.48. The molecule has 4 nitrogen and oxygen atoms in total. The standard InChI is InChI=1S/C12H21N3O/c1-9(2)12(8-16-4)14-7-11-5-6-13-10(3)15-11/h5-6,9,12,14H,7-8H2,1-4H3. The summed E-state index contributed by atoms with van der Waals surface area (Å²) in [6.07, 6.45) is 1.79. The van der Waals surface area contributed by atoms with Crippen LogP contribution in [0.15, 0.2) is 12.3 Å². The zero-order valence-electron chi connectivity index (χ0n) is 10.5. The predicted molar refractivity (Wildman–Crippen MR) is 64.1 cm³/mol. The van der Waals surface area contributed by atoms with Crippen molar-refractivity contribution < 1.29 is 4.74 Å². The molecule has 0 radical (unpaired) electrons. The molecule has 0 saturated heterocycles. The highest BCUT2D eigenvalue weighted by Gasteiger charge is 2.12. The summed E-state index contributed by atoms with van der Waals surface area (Å²) in [6.45, 7) is 7.75. The molecular weight excluding hydrogens is 202 g/mol. The molecule has 0 aliphatic carbocycles. The summed E-state index contributed by atoms with van der Waals surface area (Å²) in [5.41, 5.74) is 1.02. The molecule has 0 saturated carbocycles. The summed E-state index contributed by atoms with van der Waals surface area (Å²) in [7, 11) is 1.73. The second-order valence-electron chi connectivity index (χ2n) is 4.28. The fourth-order valence-corrected chi connectivity index (χ4v) is 1.51. The van der Waals surface area contributed by atoms with Crippen molar-refractivity contribution in [3.63, 3.8) is 0 Å². The summed E-state index contributed by atoms with van der Waals surface area (Å²) >= 11 is 0. The van der Waals surface area contributed by atoms with Crippen LogP contribution in [0.4, 0.5) is 0 Å². The van der Waals surface area contributed by atoms with E-state index in [0.29, 0.717) is 12.0 Å². The highest BCUT2D eigenvalue weighted by Crippen LogP contribution is 2.03. The minimum atomic E-state index is 0.361. The van der Waals surface area contributed by atoms with E-state index in [1.54, 1.807) is 13.3 Å². The van der Waals surface area contributed by atoms with E-state index in [2.05, 4.69) is 29.1 Å². The van der Waals surface area contributed by atoms with Crippen molar-refractivity contribution in [2.45, 2.75) is 33.4 Å². The molecule has 0 aliphatic rings. The smallest absolute Gasteiger partial charge is 0.125 e. The van der Waals surface area contributed by atoms with E-state index >= 15 is 0 Å². The molecule has 1 unspecified atom stereocenters. The fourth-order valence-electron chi connectivity index (χ4n) is 1.51. The van der Waals surface area contributed by atoms with Gasteiger partial charge in [-0.1, -0.05) is 13.8 Å². The van der Waals surface area contributed by atoms with Gasteiger partial charge in [0.1, 0.15) is 5.82 Å². The molecule has 16 heavy (non-hydrogen) atoms. The van der Waals surface area contributed by atoms with Gasteiger partial charge in [0.05, 0.1) is 12.3 Å². The Kier molecular flexibility index (Phi) is 5.35. The Morgan fingerprint density at radius 1 is 1.44 bits per heavy atom. The monoisotopic (exact) mass is 223 g/mol. The Hall–Kier alpha value is -1.00. The normalized spacial score (nSPS) is 13.1. The van der Waals surface area contributed by atoms with Gasteiger partial charge >= 0.3 is 0 Å². The maximum absolute atomic E-state index is 5.18. The molecule has 0 amide bonds. The number of ether oxygens (including phenoxy) is 1. The fraction of sp³-hybridized carbons (Fsp3) is 0.667. The highest BCUT2D eigenvalue weighted by molar-refractivity contribution is 5.01. The van der Waals surface area contributed by atoms with Crippen LogP contribution in [0, 0.1) is 12.8 Å². The maximum Gasteiger partial charge on any atom is 0.125 e. The summed E-state index contributed by atoms with van der Waals surface area (Å²) in [4.78, 5) is 8.42. The van der Waals surface area contributed by atoms with Gasteiger partial charge in [0.15, 0.2) is 0 Å². The second kappa shape index (κ2) is 6.55. The molecule has 0 spiro atoms. The lowest BCUT2D eigenvalue weighted by molar-refractivity contribution is 0.146. The highest BCUT2D eigenvalue weighted by atomic mass is 16.5. The van der Waals surface area contributed by atoms with Crippen molar-refractivity contribution in [3.05, 3.63) is 23.8 Å². The van der Waals surface area contributed by atoms with Crippen LogP contribution in [0.1, 0.15) is 25.4 Å². The number of rotatable bonds is 6. The minimum Gasteiger partial charge on any atom is -0.383 e. The van der Waals surface area contributed by atoms with Crippen LogP contribution < -0.4 is 5.32 Å². The topological polar surface area (TPSA) is 47.0 Å². The second-order valence-corrected chi connectivity index (χ2v) is 4.28. The third-order valence-electron chi connectivity index (χ3n) is 2.53. The number of hydrogen-bond acceptors (Lipinski definition) is 4. The molecule has 1 rings (SSSR count). The van der Waals surface area contributed by atoms with Crippen molar-refractivity contribution >= 4 is 0 Å². The Morgan fingerprint density at radius 2 is 2.19 bits per heavy atom. The number of hydrogen-bond donors (Lipinski definition) is 1. The Bertz CT molecular complexity index is 315. The number of methoxy groups -OCH3 is 1. The van der Waals surface area contributed by atoms with E-state index in [4.69, 9.17) is 4.74 Å². The van der Waals surface area contributed by atoms with Crippen LogP contribution >= 0.6 is 0 Å². The molecule has 1 aromatic rings. The lowest BCUT2D eigenvalue weighted by Gasteiger charge is -2.21. The van der Waals surface area contributed by atoms with E-state index in [0.717, 1.165) is 24.7 Å². The van der Waals surface area contributed by atoms with E-state index < -0.39 is 0 Å². The molecule has 0 aromatic carbocycles. The summed E-state index contributed by atoms with van der Waals surface area (Å²) in [5, 5.41) is 3.45. The van der Waals surface area contributed by atoms with Gasteiger partial charge < -0.3 is 10.1 Å². The number of aromatic nitrogens is 2. The van der Waals surface area contributed by atoms with Crippen molar-refractivity contribution in [2.75, 3.05) is 13.7 Å². The quantitative estimate of drug-likeness (QED) is 0.794. The van der Waals surface area contributed by atoms with Crippen molar-refractivity contribution in [1.29, 1.82) is 0 Å². The average Bonchev–Trinajstić information content (AvgIpc) is 2.24. The maximum atomic E-state index is 5.18. The zero-order chi connectivity index (χ0) is 12.0. The Labute approximate surface area is 97.5 Å². The van der Waals surface area contributed by atoms with Crippen LogP contribution in [0.25, 0.3) is 0 Å². The first-order chi connectivity index (χ1) is 7.63. The number of nitrogens with one attached hydrogen (secondary N) is 1. The van der Waals surface area contributed by atoms with Crippen molar-refractivity contribution in [3.8, 4) is 0 Å².